The molecular weight excluding hydrogens is 250 g/mol. The van der Waals surface area contributed by atoms with Crippen molar-refractivity contribution in [2.45, 2.75) is 42.9 Å². The summed E-state index contributed by atoms with van der Waals surface area (Å²) in [6, 6.07) is 9.78. The van der Waals surface area contributed by atoms with Gasteiger partial charge in [0.2, 0.25) is 0 Å². The van der Waals surface area contributed by atoms with Gasteiger partial charge < -0.3 is 15.6 Å². The first kappa shape index (κ1) is 13.8. The van der Waals surface area contributed by atoms with E-state index >= 15 is 0 Å². The number of nitrogens with two attached hydrogens (primary N) is 1. The van der Waals surface area contributed by atoms with Gasteiger partial charge in [-0.05, 0) is 31.2 Å². The first-order valence-corrected chi connectivity index (χ1v) is 6.30. The van der Waals surface area contributed by atoms with Crippen LogP contribution in [-0.2, 0) is 4.74 Å². The minimum Gasteiger partial charge on any atom is -0.385 e. The van der Waals surface area contributed by atoms with Crippen molar-refractivity contribution in [2.75, 3.05) is 6.61 Å². The largest absolute Gasteiger partial charge is 0.385 e. The first-order valence-electron chi connectivity index (χ1n) is 6.30. The zero-order chi connectivity index (χ0) is 11.9. The number of hydrogen-bond acceptors (Lipinski definition) is 3. The van der Waals surface area contributed by atoms with Crippen LogP contribution in [0.4, 0.5) is 0 Å². The van der Waals surface area contributed by atoms with E-state index in [-0.39, 0.29) is 17.9 Å². The maximum absolute atomic E-state index is 10.5. The van der Waals surface area contributed by atoms with Crippen molar-refractivity contribution in [3.05, 3.63) is 35.9 Å². The Balaban J connectivity index is 0.00000120. The van der Waals surface area contributed by atoms with Crippen molar-refractivity contribution in [1.82, 2.24) is 0 Å². The van der Waals surface area contributed by atoms with E-state index in [1.54, 1.807) is 0 Å². The number of benzene rings is 1. The van der Waals surface area contributed by atoms with E-state index in [0.717, 1.165) is 31.2 Å². The van der Waals surface area contributed by atoms with Gasteiger partial charge in [-0.2, -0.15) is 0 Å². The van der Waals surface area contributed by atoms with Gasteiger partial charge >= 0.3 is 0 Å². The van der Waals surface area contributed by atoms with Crippen LogP contribution in [0.3, 0.4) is 0 Å². The number of fused-ring (bicyclic) bond motifs is 3. The van der Waals surface area contributed by atoms with Gasteiger partial charge in [-0.3, -0.25) is 0 Å². The van der Waals surface area contributed by atoms with Crippen LogP contribution in [0.15, 0.2) is 30.3 Å². The Morgan fingerprint density at radius 3 is 2.22 bits per heavy atom. The molecule has 3 aliphatic rings. The summed E-state index contributed by atoms with van der Waals surface area (Å²) in [5.41, 5.74) is 6.59. The molecule has 2 heterocycles. The Morgan fingerprint density at radius 1 is 1.11 bits per heavy atom. The molecule has 0 amide bonds. The van der Waals surface area contributed by atoms with Crippen molar-refractivity contribution in [2.24, 2.45) is 5.73 Å². The molecule has 3 N–H and O–H groups in total. The van der Waals surface area contributed by atoms with Crippen molar-refractivity contribution in [1.29, 1.82) is 0 Å². The van der Waals surface area contributed by atoms with Crippen LogP contribution in [-0.4, -0.2) is 22.9 Å². The Bertz CT molecular complexity index is 385. The number of hydrogen-bond donors (Lipinski definition) is 2. The molecule has 1 atom stereocenters. The van der Waals surface area contributed by atoms with Gasteiger partial charge in [0.15, 0.2) is 0 Å². The summed E-state index contributed by atoms with van der Waals surface area (Å²) in [4.78, 5) is 0. The molecule has 0 radical (unpaired) electrons. The molecular formula is C14H20ClNO2. The van der Waals surface area contributed by atoms with Gasteiger partial charge in [0.05, 0.1) is 12.2 Å². The van der Waals surface area contributed by atoms with E-state index in [0.29, 0.717) is 6.61 Å². The maximum Gasteiger partial charge on any atom is 0.108 e. The second kappa shape index (κ2) is 4.82. The maximum atomic E-state index is 10.5. The highest BCUT2D eigenvalue weighted by molar-refractivity contribution is 5.85. The molecule has 4 heteroatoms. The lowest BCUT2D eigenvalue weighted by Crippen LogP contribution is -2.61. The van der Waals surface area contributed by atoms with Crippen molar-refractivity contribution < 1.29 is 9.84 Å². The quantitative estimate of drug-likeness (QED) is 0.865. The van der Waals surface area contributed by atoms with Gasteiger partial charge in [0.1, 0.15) is 6.10 Å². The molecule has 3 nitrogen and oxygen atoms in total. The topological polar surface area (TPSA) is 55.5 Å². The highest BCUT2D eigenvalue weighted by Gasteiger charge is 2.51. The third kappa shape index (κ3) is 2.16. The summed E-state index contributed by atoms with van der Waals surface area (Å²) in [6.45, 7) is 0.580. The summed E-state index contributed by atoms with van der Waals surface area (Å²) in [7, 11) is 0. The van der Waals surface area contributed by atoms with Crippen LogP contribution < -0.4 is 5.73 Å². The monoisotopic (exact) mass is 269 g/mol. The first-order chi connectivity index (χ1) is 8.14. The molecule has 3 fully saturated rings. The van der Waals surface area contributed by atoms with E-state index in [1.165, 1.54) is 0 Å². The molecule has 0 aromatic heterocycles. The summed E-state index contributed by atoms with van der Waals surface area (Å²) in [5.74, 6) is 0. The predicted octanol–water partition coefficient (Wildman–Crippen LogP) is 2.18. The summed E-state index contributed by atoms with van der Waals surface area (Å²) < 4.78 is 5.91. The molecule has 0 spiro atoms. The fourth-order valence-electron chi connectivity index (χ4n) is 3.04. The fourth-order valence-corrected chi connectivity index (χ4v) is 3.04. The lowest BCUT2D eigenvalue weighted by Gasteiger charge is -2.53. The van der Waals surface area contributed by atoms with Crippen LogP contribution in [0.1, 0.15) is 37.4 Å². The fraction of sp³-hybridized carbons (Fsp3) is 0.571. The Hall–Kier alpha value is -0.610. The number of aliphatic hydroxyl groups is 1. The van der Waals surface area contributed by atoms with Crippen molar-refractivity contribution in [3.8, 4) is 0 Å². The summed E-state index contributed by atoms with van der Waals surface area (Å²) in [6.07, 6.45) is 3.10. The van der Waals surface area contributed by atoms with E-state index in [2.05, 4.69) is 0 Å². The molecule has 1 unspecified atom stereocenters. The Kier molecular flexibility index (Phi) is 3.70. The molecule has 2 saturated heterocycles. The highest BCUT2D eigenvalue weighted by Crippen LogP contribution is 2.48. The SMILES string of the molecule is Cl.NC12CCC(C(O)c3ccccc3)(CC1)OC2. The Labute approximate surface area is 114 Å². The third-order valence-electron chi connectivity index (χ3n) is 4.35. The second-order valence-corrected chi connectivity index (χ2v) is 5.53. The second-order valence-electron chi connectivity index (χ2n) is 5.53. The Morgan fingerprint density at radius 2 is 1.72 bits per heavy atom. The van der Waals surface area contributed by atoms with Crippen LogP contribution in [0.25, 0.3) is 0 Å². The normalized spacial score (nSPS) is 35.9. The molecule has 1 aromatic rings. The zero-order valence-electron chi connectivity index (χ0n) is 10.3. The summed E-state index contributed by atoms with van der Waals surface area (Å²) >= 11 is 0. The standard InChI is InChI=1S/C14H19NO2.ClH/c15-13-6-8-14(9-7-13,17-10-13)12(16)11-4-2-1-3-5-11;/h1-5,12,16H,6-10,15H2;1H. The van der Waals surface area contributed by atoms with Crippen molar-refractivity contribution in [3.63, 3.8) is 0 Å². The van der Waals surface area contributed by atoms with Gasteiger partial charge in [-0.25, -0.2) is 0 Å². The molecule has 4 rings (SSSR count). The third-order valence-corrected chi connectivity index (χ3v) is 4.35. The van der Waals surface area contributed by atoms with Crippen LogP contribution in [0.2, 0.25) is 0 Å². The van der Waals surface area contributed by atoms with Gasteiger partial charge in [-0.15, -0.1) is 12.4 Å². The molecule has 1 aliphatic carbocycles. The van der Waals surface area contributed by atoms with Gasteiger partial charge in [0.25, 0.3) is 0 Å². The van der Waals surface area contributed by atoms with E-state index in [1.807, 2.05) is 30.3 Å². The lowest BCUT2D eigenvalue weighted by atomic mass is 9.68. The molecule has 18 heavy (non-hydrogen) atoms. The lowest BCUT2D eigenvalue weighted by molar-refractivity contribution is -0.204. The average Bonchev–Trinajstić information content (AvgIpc) is 2.40. The predicted molar refractivity (Wildman–Crippen MR) is 72.7 cm³/mol. The number of rotatable bonds is 2. The molecule has 1 saturated carbocycles. The van der Waals surface area contributed by atoms with Gasteiger partial charge in [0, 0.05) is 5.54 Å². The highest BCUT2D eigenvalue weighted by atomic mass is 35.5. The number of aliphatic hydroxyl groups excluding tert-OH is 1. The number of halogens is 1. The van der Waals surface area contributed by atoms with Crippen molar-refractivity contribution >= 4 is 12.4 Å². The molecule has 2 bridgehead atoms. The van der Waals surface area contributed by atoms with E-state index in [9.17, 15) is 5.11 Å². The van der Waals surface area contributed by atoms with Gasteiger partial charge in [-0.1, -0.05) is 30.3 Å². The van der Waals surface area contributed by atoms with E-state index < -0.39 is 11.7 Å². The minimum absolute atomic E-state index is 0. The van der Waals surface area contributed by atoms with Crippen LogP contribution in [0.5, 0.6) is 0 Å². The number of ether oxygens (including phenoxy) is 1. The minimum atomic E-state index is -0.534. The molecule has 1 aromatic carbocycles. The molecule has 100 valence electrons. The zero-order valence-corrected chi connectivity index (χ0v) is 11.2. The smallest absolute Gasteiger partial charge is 0.108 e. The van der Waals surface area contributed by atoms with Crippen LogP contribution in [0, 0.1) is 0 Å². The van der Waals surface area contributed by atoms with E-state index in [4.69, 9.17) is 10.5 Å². The summed E-state index contributed by atoms with van der Waals surface area (Å²) in [5, 5.41) is 10.5. The van der Waals surface area contributed by atoms with Crippen LogP contribution >= 0.6 is 12.4 Å². The average molecular weight is 270 g/mol. The molecule has 2 aliphatic heterocycles.